The molecule has 0 radical (unpaired) electrons. The molecule has 1 aromatic rings. The maximum Gasteiger partial charge on any atom is 0.151 e. The molecule has 1 aromatic carbocycles. The van der Waals surface area contributed by atoms with E-state index in [4.69, 9.17) is 5.73 Å². The lowest BCUT2D eigenvalue weighted by molar-refractivity contribution is -0.119. The predicted molar refractivity (Wildman–Crippen MR) is 73.5 cm³/mol. The number of nitrogens with zero attached hydrogens (tertiary/aromatic N) is 1. The highest BCUT2D eigenvalue weighted by molar-refractivity contribution is 5.82. The maximum absolute atomic E-state index is 12.0. The number of aryl methyl sites for hydroxylation is 1. The Balaban J connectivity index is 1.82. The Hall–Kier alpha value is -1.19. The first-order chi connectivity index (χ1) is 8.63. The number of hydrogen-bond donors (Lipinski definition) is 1. The molecule has 98 valence electrons. The lowest BCUT2D eigenvalue weighted by Gasteiger charge is -2.29. The standard InChI is InChI=1S/C15H22N2O/c1-12-3-2-4-13(9-12)10-15(18)11-17-7-5-14(16)6-8-17/h2-4,9,14H,5-8,10-11,16H2,1H3. The molecule has 2 N–H and O–H groups in total. The van der Waals surface area contributed by atoms with Crippen LogP contribution < -0.4 is 5.73 Å². The van der Waals surface area contributed by atoms with E-state index in [2.05, 4.69) is 24.0 Å². The topological polar surface area (TPSA) is 46.3 Å². The number of carbonyl (C=O) groups is 1. The van der Waals surface area contributed by atoms with Crippen molar-refractivity contribution >= 4 is 5.78 Å². The maximum atomic E-state index is 12.0. The van der Waals surface area contributed by atoms with Crippen LogP contribution >= 0.6 is 0 Å². The molecule has 18 heavy (non-hydrogen) atoms. The summed E-state index contributed by atoms with van der Waals surface area (Å²) in [4.78, 5) is 14.2. The fourth-order valence-electron chi connectivity index (χ4n) is 2.47. The lowest BCUT2D eigenvalue weighted by atomic mass is 10.0. The lowest BCUT2D eigenvalue weighted by Crippen LogP contribution is -2.42. The van der Waals surface area contributed by atoms with E-state index in [1.165, 1.54) is 5.56 Å². The van der Waals surface area contributed by atoms with E-state index in [-0.39, 0.29) is 0 Å². The monoisotopic (exact) mass is 246 g/mol. The van der Waals surface area contributed by atoms with Crippen LogP contribution in [0.2, 0.25) is 0 Å². The molecule has 1 aliphatic rings. The molecule has 3 heteroatoms. The van der Waals surface area contributed by atoms with E-state index in [1.807, 2.05) is 12.1 Å². The highest BCUT2D eigenvalue weighted by Crippen LogP contribution is 2.09. The molecule has 0 unspecified atom stereocenters. The number of rotatable bonds is 4. The van der Waals surface area contributed by atoms with Gasteiger partial charge in [0.05, 0.1) is 6.54 Å². The second-order valence-electron chi connectivity index (χ2n) is 5.32. The zero-order valence-electron chi connectivity index (χ0n) is 11.1. The van der Waals surface area contributed by atoms with E-state index in [0.29, 0.717) is 24.8 Å². The Morgan fingerprint density at radius 1 is 1.39 bits per heavy atom. The first-order valence-corrected chi connectivity index (χ1v) is 6.68. The van der Waals surface area contributed by atoms with Crippen molar-refractivity contribution in [2.24, 2.45) is 5.73 Å². The summed E-state index contributed by atoms with van der Waals surface area (Å²) in [5.41, 5.74) is 8.19. The Morgan fingerprint density at radius 2 is 2.11 bits per heavy atom. The van der Waals surface area contributed by atoms with Crippen molar-refractivity contribution in [3.63, 3.8) is 0 Å². The fourth-order valence-corrected chi connectivity index (χ4v) is 2.47. The van der Waals surface area contributed by atoms with E-state index in [0.717, 1.165) is 31.5 Å². The Bertz CT molecular complexity index is 409. The van der Waals surface area contributed by atoms with Gasteiger partial charge in [-0.05, 0) is 25.3 Å². The van der Waals surface area contributed by atoms with Crippen molar-refractivity contribution in [3.05, 3.63) is 35.4 Å². The molecule has 0 atom stereocenters. The Labute approximate surface area is 109 Å². The molecule has 0 saturated carbocycles. The smallest absolute Gasteiger partial charge is 0.151 e. The predicted octanol–water partition coefficient (Wildman–Crippen LogP) is 1.53. The molecule has 1 fully saturated rings. The normalized spacial score (nSPS) is 17.9. The summed E-state index contributed by atoms with van der Waals surface area (Å²) in [6.07, 6.45) is 2.57. The summed E-state index contributed by atoms with van der Waals surface area (Å²) in [5, 5.41) is 0. The van der Waals surface area contributed by atoms with Crippen molar-refractivity contribution < 1.29 is 4.79 Å². The summed E-state index contributed by atoms with van der Waals surface area (Å²) >= 11 is 0. The zero-order valence-corrected chi connectivity index (χ0v) is 11.1. The summed E-state index contributed by atoms with van der Waals surface area (Å²) in [6, 6.07) is 8.51. The Morgan fingerprint density at radius 3 is 2.78 bits per heavy atom. The third-order valence-electron chi connectivity index (χ3n) is 3.52. The van der Waals surface area contributed by atoms with Gasteiger partial charge in [-0.2, -0.15) is 0 Å². The van der Waals surface area contributed by atoms with Crippen molar-refractivity contribution in [1.29, 1.82) is 0 Å². The second kappa shape index (κ2) is 6.12. The molecule has 3 nitrogen and oxygen atoms in total. The van der Waals surface area contributed by atoms with Crippen molar-refractivity contribution in [1.82, 2.24) is 4.90 Å². The summed E-state index contributed by atoms with van der Waals surface area (Å²) in [7, 11) is 0. The largest absolute Gasteiger partial charge is 0.328 e. The van der Waals surface area contributed by atoms with Crippen LogP contribution in [-0.4, -0.2) is 36.4 Å². The third kappa shape index (κ3) is 3.93. The van der Waals surface area contributed by atoms with Crippen molar-refractivity contribution in [3.8, 4) is 0 Å². The van der Waals surface area contributed by atoms with Crippen LogP contribution in [0.15, 0.2) is 24.3 Å². The number of nitrogens with two attached hydrogens (primary N) is 1. The fraction of sp³-hybridized carbons (Fsp3) is 0.533. The highest BCUT2D eigenvalue weighted by Gasteiger charge is 2.18. The summed E-state index contributed by atoms with van der Waals surface area (Å²) < 4.78 is 0. The van der Waals surface area contributed by atoms with Gasteiger partial charge in [0.2, 0.25) is 0 Å². The van der Waals surface area contributed by atoms with Crippen LogP contribution in [0.3, 0.4) is 0 Å². The SMILES string of the molecule is Cc1cccc(CC(=O)CN2CCC(N)CC2)c1. The van der Waals surface area contributed by atoms with Crippen LogP contribution in [-0.2, 0) is 11.2 Å². The van der Waals surface area contributed by atoms with E-state index in [9.17, 15) is 4.79 Å². The molecule has 0 aromatic heterocycles. The first-order valence-electron chi connectivity index (χ1n) is 6.68. The zero-order chi connectivity index (χ0) is 13.0. The van der Waals surface area contributed by atoms with Gasteiger partial charge in [0.15, 0.2) is 5.78 Å². The molecule has 1 saturated heterocycles. The Kier molecular flexibility index (Phi) is 4.50. The molecular formula is C15H22N2O. The average molecular weight is 246 g/mol. The minimum Gasteiger partial charge on any atom is -0.328 e. The number of Topliss-reactive ketones (excluding diaryl/α,β-unsaturated/α-hetero) is 1. The van der Waals surface area contributed by atoms with Gasteiger partial charge in [0, 0.05) is 25.6 Å². The van der Waals surface area contributed by atoms with E-state index >= 15 is 0 Å². The van der Waals surface area contributed by atoms with Crippen LogP contribution in [0.25, 0.3) is 0 Å². The molecule has 0 bridgehead atoms. The third-order valence-corrected chi connectivity index (χ3v) is 3.52. The van der Waals surface area contributed by atoms with E-state index < -0.39 is 0 Å². The molecular weight excluding hydrogens is 224 g/mol. The summed E-state index contributed by atoms with van der Waals surface area (Å²) in [5.74, 6) is 0.302. The van der Waals surface area contributed by atoms with E-state index in [1.54, 1.807) is 0 Å². The van der Waals surface area contributed by atoms with Gasteiger partial charge in [0.1, 0.15) is 0 Å². The van der Waals surface area contributed by atoms with Crippen LogP contribution in [0.1, 0.15) is 24.0 Å². The molecule has 0 spiro atoms. The summed E-state index contributed by atoms with van der Waals surface area (Å²) in [6.45, 7) is 4.54. The van der Waals surface area contributed by atoms with Crippen molar-refractivity contribution in [2.75, 3.05) is 19.6 Å². The van der Waals surface area contributed by atoms with Gasteiger partial charge in [-0.1, -0.05) is 29.8 Å². The van der Waals surface area contributed by atoms with Gasteiger partial charge in [-0.3, -0.25) is 9.69 Å². The van der Waals surface area contributed by atoms with Crippen LogP contribution in [0.5, 0.6) is 0 Å². The van der Waals surface area contributed by atoms with Gasteiger partial charge < -0.3 is 5.73 Å². The quantitative estimate of drug-likeness (QED) is 0.876. The highest BCUT2D eigenvalue weighted by atomic mass is 16.1. The molecule has 0 amide bonds. The minimum absolute atomic E-state index is 0.302. The minimum atomic E-state index is 0.302. The van der Waals surface area contributed by atoms with Gasteiger partial charge in [0.25, 0.3) is 0 Å². The number of likely N-dealkylation sites (tertiary alicyclic amines) is 1. The average Bonchev–Trinajstić information content (AvgIpc) is 2.32. The van der Waals surface area contributed by atoms with Gasteiger partial charge >= 0.3 is 0 Å². The number of piperidine rings is 1. The molecule has 1 heterocycles. The van der Waals surface area contributed by atoms with Crippen LogP contribution in [0, 0.1) is 6.92 Å². The van der Waals surface area contributed by atoms with Gasteiger partial charge in [-0.15, -0.1) is 0 Å². The number of ketones is 1. The molecule has 0 aliphatic carbocycles. The second-order valence-corrected chi connectivity index (χ2v) is 5.32. The van der Waals surface area contributed by atoms with Gasteiger partial charge in [-0.25, -0.2) is 0 Å². The number of carbonyl (C=O) groups excluding carboxylic acids is 1. The first kappa shape index (κ1) is 13.2. The molecule has 2 rings (SSSR count). The van der Waals surface area contributed by atoms with Crippen LogP contribution in [0.4, 0.5) is 0 Å². The molecule has 1 aliphatic heterocycles. The number of benzene rings is 1. The number of hydrogen-bond acceptors (Lipinski definition) is 3. The van der Waals surface area contributed by atoms with Crippen molar-refractivity contribution in [2.45, 2.75) is 32.2 Å².